The van der Waals surface area contributed by atoms with Gasteiger partial charge in [0.25, 0.3) is 0 Å². The van der Waals surface area contributed by atoms with E-state index >= 15 is 0 Å². The normalized spacial score (nSPS) is 12.4. The number of rotatable bonds is 4. The van der Waals surface area contributed by atoms with Crippen LogP contribution in [-0.2, 0) is 0 Å². The van der Waals surface area contributed by atoms with E-state index in [1.54, 1.807) is 6.33 Å². The van der Waals surface area contributed by atoms with Gasteiger partial charge in [0, 0.05) is 17.4 Å². The molecule has 0 aliphatic rings. The Morgan fingerprint density at radius 3 is 2.58 bits per heavy atom. The number of hydrogen-bond acceptors (Lipinski definition) is 4. The molecule has 4 nitrogen and oxygen atoms in total. The molecule has 0 spiro atoms. The Bertz CT molecular complexity index is 551. The number of nitrogens with one attached hydrogen (secondary N) is 1. The number of nitrogens with zero attached hydrogens (tertiary/aromatic N) is 2. The van der Waals surface area contributed by atoms with Crippen molar-refractivity contribution in [3.63, 3.8) is 0 Å². The summed E-state index contributed by atoms with van der Waals surface area (Å²) in [5.74, 6) is 1.24. The lowest BCUT2D eigenvalue weighted by atomic mass is 10.1. The fraction of sp³-hybridized carbons (Fsp3) is 0.333. The largest absolute Gasteiger partial charge is 0.399 e. The summed E-state index contributed by atoms with van der Waals surface area (Å²) in [6, 6.07) is 10.0. The molecule has 1 atom stereocenters. The van der Waals surface area contributed by atoms with Crippen LogP contribution in [0.5, 0.6) is 0 Å². The summed E-state index contributed by atoms with van der Waals surface area (Å²) in [6.45, 7) is 6.33. The molecule has 1 heterocycles. The first-order chi connectivity index (χ1) is 9.06. The zero-order valence-electron chi connectivity index (χ0n) is 11.6. The van der Waals surface area contributed by atoms with E-state index in [2.05, 4.69) is 42.1 Å². The van der Waals surface area contributed by atoms with Crippen molar-refractivity contribution in [3.05, 3.63) is 47.9 Å². The molecule has 100 valence electrons. The minimum Gasteiger partial charge on any atom is -0.399 e. The molecule has 3 N–H and O–H groups in total. The van der Waals surface area contributed by atoms with Gasteiger partial charge in [-0.3, -0.25) is 0 Å². The highest BCUT2D eigenvalue weighted by atomic mass is 15.0. The van der Waals surface area contributed by atoms with Crippen molar-refractivity contribution < 1.29 is 0 Å². The molecule has 0 fully saturated rings. The Morgan fingerprint density at radius 2 is 1.89 bits per heavy atom. The molecule has 0 saturated carbocycles. The summed E-state index contributed by atoms with van der Waals surface area (Å²) in [5.41, 5.74) is 8.76. The number of benzene rings is 1. The van der Waals surface area contributed by atoms with Crippen LogP contribution < -0.4 is 11.1 Å². The highest BCUT2D eigenvalue weighted by molar-refractivity contribution is 5.45. The third-order valence-electron chi connectivity index (χ3n) is 3.05. The molecule has 0 amide bonds. The van der Waals surface area contributed by atoms with Crippen LogP contribution in [0.3, 0.4) is 0 Å². The molecule has 0 aliphatic carbocycles. The molecule has 0 radical (unpaired) electrons. The second kappa shape index (κ2) is 5.69. The first-order valence-corrected chi connectivity index (χ1v) is 6.50. The Kier molecular flexibility index (Phi) is 4.00. The van der Waals surface area contributed by atoms with E-state index in [1.165, 1.54) is 0 Å². The Labute approximate surface area is 114 Å². The molecular weight excluding hydrogens is 236 g/mol. The lowest BCUT2D eigenvalue weighted by Crippen LogP contribution is -2.09. The second-order valence-corrected chi connectivity index (χ2v) is 5.02. The van der Waals surface area contributed by atoms with Crippen LogP contribution in [-0.4, -0.2) is 9.97 Å². The number of nitrogens with two attached hydrogens (primary N) is 1. The molecule has 0 bridgehead atoms. The fourth-order valence-corrected chi connectivity index (χ4v) is 1.90. The SMILES string of the molecule is CC(C)c1cc(NC(C)c2cccc(N)c2)ncn1. The van der Waals surface area contributed by atoms with E-state index in [0.29, 0.717) is 5.92 Å². The number of hydrogen-bond donors (Lipinski definition) is 2. The van der Waals surface area contributed by atoms with Gasteiger partial charge in [-0.15, -0.1) is 0 Å². The van der Waals surface area contributed by atoms with Gasteiger partial charge >= 0.3 is 0 Å². The Hall–Kier alpha value is -2.10. The van der Waals surface area contributed by atoms with Gasteiger partial charge in [0.05, 0.1) is 6.04 Å². The second-order valence-electron chi connectivity index (χ2n) is 5.02. The minimum atomic E-state index is 0.151. The molecule has 0 saturated heterocycles. The van der Waals surface area contributed by atoms with Gasteiger partial charge in [0.1, 0.15) is 12.1 Å². The van der Waals surface area contributed by atoms with Crippen LogP contribution in [0.15, 0.2) is 36.7 Å². The average molecular weight is 256 g/mol. The summed E-state index contributed by atoms with van der Waals surface area (Å²) >= 11 is 0. The number of aromatic nitrogens is 2. The minimum absolute atomic E-state index is 0.151. The molecular formula is C15H20N4. The molecule has 1 aromatic carbocycles. The number of nitrogen functional groups attached to an aromatic ring is 1. The lowest BCUT2D eigenvalue weighted by Gasteiger charge is -2.16. The first kappa shape index (κ1) is 13.3. The highest BCUT2D eigenvalue weighted by Gasteiger charge is 2.08. The molecule has 4 heteroatoms. The fourth-order valence-electron chi connectivity index (χ4n) is 1.90. The predicted molar refractivity (Wildman–Crippen MR) is 79.0 cm³/mol. The van der Waals surface area contributed by atoms with Gasteiger partial charge in [0.2, 0.25) is 0 Å². The summed E-state index contributed by atoms with van der Waals surface area (Å²) in [7, 11) is 0. The van der Waals surface area contributed by atoms with Gasteiger partial charge in [-0.1, -0.05) is 26.0 Å². The van der Waals surface area contributed by atoms with Gasteiger partial charge in [-0.2, -0.15) is 0 Å². The zero-order valence-corrected chi connectivity index (χ0v) is 11.6. The predicted octanol–water partition coefficient (Wildman–Crippen LogP) is 3.36. The van der Waals surface area contributed by atoms with Crippen molar-refractivity contribution in [2.45, 2.75) is 32.7 Å². The van der Waals surface area contributed by atoms with Gasteiger partial charge in [-0.05, 0) is 30.5 Å². The van der Waals surface area contributed by atoms with Crippen molar-refractivity contribution in [3.8, 4) is 0 Å². The van der Waals surface area contributed by atoms with Gasteiger partial charge < -0.3 is 11.1 Å². The van der Waals surface area contributed by atoms with Crippen LogP contribution in [0.4, 0.5) is 11.5 Å². The van der Waals surface area contributed by atoms with Crippen LogP contribution in [0.25, 0.3) is 0 Å². The lowest BCUT2D eigenvalue weighted by molar-refractivity contribution is 0.807. The molecule has 2 rings (SSSR count). The maximum absolute atomic E-state index is 5.80. The first-order valence-electron chi connectivity index (χ1n) is 6.50. The maximum atomic E-state index is 5.80. The third kappa shape index (κ3) is 3.44. The Balaban J connectivity index is 2.14. The van der Waals surface area contributed by atoms with E-state index < -0.39 is 0 Å². The summed E-state index contributed by atoms with van der Waals surface area (Å²) in [6.07, 6.45) is 1.60. The zero-order chi connectivity index (χ0) is 13.8. The van der Waals surface area contributed by atoms with E-state index in [-0.39, 0.29) is 6.04 Å². The van der Waals surface area contributed by atoms with Crippen molar-refractivity contribution in [2.24, 2.45) is 0 Å². The van der Waals surface area contributed by atoms with Crippen molar-refractivity contribution in [1.82, 2.24) is 9.97 Å². The molecule has 1 unspecified atom stereocenters. The summed E-state index contributed by atoms with van der Waals surface area (Å²) in [4.78, 5) is 8.52. The maximum Gasteiger partial charge on any atom is 0.130 e. The Morgan fingerprint density at radius 1 is 1.11 bits per heavy atom. The quantitative estimate of drug-likeness (QED) is 0.823. The third-order valence-corrected chi connectivity index (χ3v) is 3.05. The average Bonchev–Trinajstić information content (AvgIpc) is 2.39. The smallest absolute Gasteiger partial charge is 0.130 e. The molecule has 19 heavy (non-hydrogen) atoms. The van der Waals surface area contributed by atoms with E-state index in [1.807, 2.05) is 24.3 Å². The van der Waals surface area contributed by atoms with Crippen molar-refractivity contribution >= 4 is 11.5 Å². The van der Waals surface area contributed by atoms with Crippen LogP contribution in [0, 0.1) is 0 Å². The van der Waals surface area contributed by atoms with Crippen LogP contribution >= 0.6 is 0 Å². The standard InChI is InChI=1S/C15H20N4/c1-10(2)14-8-15(18-9-17-14)19-11(3)12-5-4-6-13(16)7-12/h4-11H,16H2,1-3H3,(H,17,18,19). The summed E-state index contributed by atoms with van der Waals surface area (Å²) in [5, 5.41) is 3.37. The number of anilines is 2. The summed E-state index contributed by atoms with van der Waals surface area (Å²) < 4.78 is 0. The molecule has 1 aromatic heterocycles. The van der Waals surface area contributed by atoms with Crippen LogP contribution in [0.1, 0.15) is 44.0 Å². The van der Waals surface area contributed by atoms with E-state index in [4.69, 9.17) is 5.73 Å². The van der Waals surface area contributed by atoms with E-state index in [0.717, 1.165) is 22.8 Å². The van der Waals surface area contributed by atoms with Crippen LogP contribution in [0.2, 0.25) is 0 Å². The molecule has 0 aliphatic heterocycles. The van der Waals surface area contributed by atoms with Gasteiger partial charge in [0.15, 0.2) is 0 Å². The van der Waals surface area contributed by atoms with Gasteiger partial charge in [-0.25, -0.2) is 9.97 Å². The molecule has 2 aromatic rings. The van der Waals surface area contributed by atoms with Crippen molar-refractivity contribution in [2.75, 3.05) is 11.1 Å². The monoisotopic (exact) mass is 256 g/mol. The highest BCUT2D eigenvalue weighted by Crippen LogP contribution is 2.21. The van der Waals surface area contributed by atoms with Crippen molar-refractivity contribution in [1.29, 1.82) is 0 Å². The topological polar surface area (TPSA) is 63.8 Å². The van der Waals surface area contributed by atoms with E-state index in [9.17, 15) is 0 Å².